The highest BCUT2D eigenvalue weighted by atomic mass is 35.5. The van der Waals surface area contributed by atoms with Crippen molar-refractivity contribution in [2.45, 2.75) is 12.8 Å². The Morgan fingerprint density at radius 3 is 2.55 bits per heavy atom. The van der Waals surface area contributed by atoms with E-state index in [1.807, 2.05) is 42.5 Å². The molecule has 29 heavy (non-hydrogen) atoms. The van der Waals surface area contributed by atoms with Crippen LogP contribution >= 0.6 is 11.6 Å². The summed E-state index contributed by atoms with van der Waals surface area (Å²) in [5.41, 5.74) is 2.45. The highest BCUT2D eigenvalue weighted by Gasteiger charge is 2.08. The van der Waals surface area contributed by atoms with Crippen LogP contribution in [0.1, 0.15) is 12.0 Å². The van der Waals surface area contributed by atoms with Crippen LogP contribution in [0.3, 0.4) is 0 Å². The zero-order valence-corrected chi connectivity index (χ0v) is 16.6. The van der Waals surface area contributed by atoms with E-state index in [0.717, 1.165) is 18.5 Å². The smallest absolute Gasteiger partial charge is 0.243 e. The van der Waals surface area contributed by atoms with E-state index in [1.165, 1.54) is 23.8 Å². The van der Waals surface area contributed by atoms with Crippen molar-refractivity contribution < 1.29 is 13.9 Å². The Hall–Kier alpha value is -3.05. The monoisotopic (exact) mass is 412 g/mol. The van der Waals surface area contributed by atoms with Crippen molar-refractivity contribution in [1.29, 1.82) is 0 Å². The number of rotatable bonds is 9. The molecule has 0 heterocycles. The molecule has 2 N–H and O–H groups in total. The Balaban J connectivity index is 1.48. The van der Waals surface area contributed by atoms with Gasteiger partial charge < -0.3 is 15.4 Å². The van der Waals surface area contributed by atoms with Crippen molar-refractivity contribution in [2.24, 2.45) is 0 Å². The third-order valence-electron chi connectivity index (χ3n) is 4.24. The van der Waals surface area contributed by atoms with E-state index in [4.69, 9.17) is 16.3 Å². The molecule has 0 aromatic heterocycles. The third-order valence-corrected chi connectivity index (χ3v) is 4.53. The molecule has 0 aliphatic carbocycles. The molecule has 0 bridgehead atoms. The number of hydrogen-bond donors (Lipinski definition) is 2. The predicted octanol–water partition coefficient (Wildman–Crippen LogP) is 5.54. The van der Waals surface area contributed by atoms with Gasteiger partial charge in [-0.3, -0.25) is 4.79 Å². The Morgan fingerprint density at radius 1 is 1.00 bits per heavy atom. The van der Waals surface area contributed by atoms with Crippen molar-refractivity contribution in [2.75, 3.05) is 23.8 Å². The van der Waals surface area contributed by atoms with Crippen molar-refractivity contribution in [3.8, 4) is 5.75 Å². The number of hydrogen-bond acceptors (Lipinski definition) is 3. The average Bonchev–Trinajstić information content (AvgIpc) is 2.74. The molecular weight excluding hydrogens is 391 g/mol. The summed E-state index contributed by atoms with van der Waals surface area (Å²) < 4.78 is 19.1. The van der Waals surface area contributed by atoms with Gasteiger partial charge in [-0.15, -0.1) is 0 Å². The maximum Gasteiger partial charge on any atom is 0.243 e. The number of carbonyl (C=O) groups excluding carboxylic acids is 1. The minimum atomic E-state index is -0.527. The Kier molecular flexibility index (Phi) is 7.47. The number of nitrogens with one attached hydrogen (secondary N) is 2. The van der Waals surface area contributed by atoms with Crippen LogP contribution in [-0.2, 0) is 11.2 Å². The summed E-state index contributed by atoms with van der Waals surface area (Å²) in [5.74, 6) is -0.106. The Morgan fingerprint density at radius 2 is 1.76 bits per heavy atom. The van der Waals surface area contributed by atoms with Crippen LogP contribution in [0.2, 0.25) is 5.02 Å². The lowest BCUT2D eigenvalue weighted by Crippen LogP contribution is -2.22. The molecule has 1 amide bonds. The number of amides is 1. The normalized spacial score (nSPS) is 10.4. The second-order valence-corrected chi connectivity index (χ2v) is 6.87. The average molecular weight is 413 g/mol. The fraction of sp³-hybridized carbons (Fsp3) is 0.174. The summed E-state index contributed by atoms with van der Waals surface area (Å²) in [4.78, 5) is 12.2. The van der Waals surface area contributed by atoms with Crippen LogP contribution < -0.4 is 15.4 Å². The van der Waals surface area contributed by atoms with Crippen molar-refractivity contribution in [1.82, 2.24) is 0 Å². The quantitative estimate of drug-likeness (QED) is 0.453. The summed E-state index contributed by atoms with van der Waals surface area (Å²) in [6.07, 6.45) is 1.84. The van der Waals surface area contributed by atoms with E-state index in [9.17, 15) is 9.18 Å². The van der Waals surface area contributed by atoms with Crippen LogP contribution in [-0.4, -0.2) is 19.1 Å². The van der Waals surface area contributed by atoms with Gasteiger partial charge in [0.05, 0.1) is 23.9 Å². The van der Waals surface area contributed by atoms with Gasteiger partial charge in [-0.05, 0) is 48.7 Å². The molecule has 0 atom stereocenters. The molecule has 150 valence electrons. The summed E-state index contributed by atoms with van der Waals surface area (Å²) in [5, 5.41) is 5.71. The number of halogens is 2. The first-order chi connectivity index (χ1) is 14.1. The second-order valence-electron chi connectivity index (χ2n) is 6.46. The van der Waals surface area contributed by atoms with Gasteiger partial charge in [-0.1, -0.05) is 54.1 Å². The van der Waals surface area contributed by atoms with E-state index >= 15 is 0 Å². The summed E-state index contributed by atoms with van der Waals surface area (Å²) in [6.45, 7) is 0.618. The maximum atomic E-state index is 13.2. The van der Waals surface area contributed by atoms with Gasteiger partial charge in [0, 0.05) is 5.69 Å². The zero-order chi connectivity index (χ0) is 20.5. The molecule has 0 saturated heterocycles. The number of anilines is 2. The first-order valence-corrected chi connectivity index (χ1v) is 9.74. The number of benzene rings is 3. The first-order valence-electron chi connectivity index (χ1n) is 9.36. The number of ether oxygens (including phenoxy) is 1. The molecule has 3 aromatic rings. The molecule has 0 spiro atoms. The van der Waals surface area contributed by atoms with Gasteiger partial charge in [0.25, 0.3) is 0 Å². The van der Waals surface area contributed by atoms with Gasteiger partial charge in [-0.2, -0.15) is 0 Å². The largest absolute Gasteiger partial charge is 0.491 e. The van der Waals surface area contributed by atoms with E-state index in [2.05, 4.69) is 22.8 Å². The van der Waals surface area contributed by atoms with Gasteiger partial charge in [0.15, 0.2) is 0 Å². The van der Waals surface area contributed by atoms with Crippen LogP contribution in [0.25, 0.3) is 0 Å². The topological polar surface area (TPSA) is 50.4 Å². The maximum absolute atomic E-state index is 13.2. The van der Waals surface area contributed by atoms with Crippen LogP contribution in [0.5, 0.6) is 5.75 Å². The van der Waals surface area contributed by atoms with Crippen molar-refractivity contribution >= 4 is 28.9 Å². The Labute approximate surface area is 174 Å². The van der Waals surface area contributed by atoms with Crippen molar-refractivity contribution in [3.63, 3.8) is 0 Å². The highest BCUT2D eigenvalue weighted by molar-refractivity contribution is 6.31. The van der Waals surface area contributed by atoms with Crippen LogP contribution in [0.4, 0.5) is 15.8 Å². The molecule has 0 aliphatic heterocycles. The minimum absolute atomic E-state index is 0.0370. The molecule has 3 aromatic carbocycles. The lowest BCUT2D eigenvalue weighted by molar-refractivity contribution is -0.114. The first kappa shape index (κ1) is 20.7. The van der Waals surface area contributed by atoms with Gasteiger partial charge in [0.1, 0.15) is 11.6 Å². The SMILES string of the molecule is O=C(CNc1ccccc1OCCCc1ccccc1)Nc1ccc(F)c(Cl)c1. The fourth-order valence-corrected chi connectivity index (χ4v) is 2.98. The molecule has 0 radical (unpaired) electrons. The van der Waals surface area contributed by atoms with Crippen molar-refractivity contribution in [3.05, 3.63) is 89.2 Å². The zero-order valence-electron chi connectivity index (χ0n) is 15.8. The molecule has 4 nitrogen and oxygen atoms in total. The van der Waals surface area contributed by atoms with Gasteiger partial charge >= 0.3 is 0 Å². The van der Waals surface area contributed by atoms with Gasteiger partial charge in [0.2, 0.25) is 5.91 Å². The summed E-state index contributed by atoms with van der Waals surface area (Å²) in [6, 6.07) is 21.8. The third kappa shape index (κ3) is 6.50. The number of aryl methyl sites for hydroxylation is 1. The molecule has 3 rings (SSSR count). The molecule has 0 unspecified atom stereocenters. The summed E-state index contributed by atoms with van der Waals surface area (Å²) >= 11 is 5.73. The lowest BCUT2D eigenvalue weighted by Gasteiger charge is -2.13. The second kappa shape index (κ2) is 10.5. The number of para-hydroxylation sites is 2. The summed E-state index contributed by atoms with van der Waals surface area (Å²) in [7, 11) is 0. The van der Waals surface area contributed by atoms with Crippen LogP contribution in [0.15, 0.2) is 72.8 Å². The van der Waals surface area contributed by atoms with E-state index in [-0.39, 0.29) is 17.5 Å². The van der Waals surface area contributed by atoms with E-state index in [1.54, 1.807) is 0 Å². The molecular formula is C23H22ClFN2O2. The fourth-order valence-electron chi connectivity index (χ4n) is 2.80. The standard InChI is InChI=1S/C23H22ClFN2O2/c24-19-15-18(12-13-20(19)25)27-23(28)16-26-21-10-4-5-11-22(21)29-14-6-9-17-7-2-1-3-8-17/h1-5,7-8,10-13,15,26H,6,9,14,16H2,(H,27,28). The van der Waals surface area contributed by atoms with Gasteiger partial charge in [-0.25, -0.2) is 4.39 Å². The number of carbonyl (C=O) groups is 1. The predicted molar refractivity (Wildman–Crippen MR) is 115 cm³/mol. The Bertz CT molecular complexity index is 951. The highest BCUT2D eigenvalue weighted by Crippen LogP contribution is 2.24. The molecule has 6 heteroatoms. The lowest BCUT2D eigenvalue weighted by atomic mass is 10.1. The van der Waals surface area contributed by atoms with E-state index < -0.39 is 5.82 Å². The molecule has 0 fully saturated rings. The minimum Gasteiger partial charge on any atom is -0.491 e. The molecule has 0 aliphatic rings. The molecule has 0 saturated carbocycles. The van der Waals surface area contributed by atoms with E-state index in [0.29, 0.717) is 18.0 Å². The van der Waals surface area contributed by atoms with Crippen LogP contribution in [0, 0.1) is 5.82 Å².